The topological polar surface area (TPSA) is 49.4 Å². The largest absolute Gasteiger partial charge is 0.316 e. The molecular weight excluding hydrogens is 296 g/mol. The fourth-order valence-corrected chi connectivity index (χ4v) is 3.96. The molecule has 1 aromatic rings. The van der Waals surface area contributed by atoms with Gasteiger partial charge in [0.25, 0.3) is 0 Å². The molecule has 0 spiro atoms. The predicted octanol–water partition coefficient (Wildman–Crippen LogP) is 2.48. The number of sulfonamides is 1. The van der Waals surface area contributed by atoms with E-state index in [1.165, 1.54) is 4.31 Å². The first-order chi connectivity index (χ1) is 9.37. The highest BCUT2D eigenvalue weighted by atomic mass is 35.5. The molecule has 1 aliphatic rings. The van der Waals surface area contributed by atoms with E-state index in [0.29, 0.717) is 22.4 Å². The summed E-state index contributed by atoms with van der Waals surface area (Å²) >= 11 is 6.08. The SMILES string of the molecule is CNCc1cc(S(=O)(=O)N(C)C(C)C2CC2)ccc1Cl. The van der Waals surface area contributed by atoms with Crippen LogP contribution < -0.4 is 5.32 Å². The van der Waals surface area contributed by atoms with Crippen molar-refractivity contribution in [3.8, 4) is 0 Å². The minimum absolute atomic E-state index is 0.0448. The third-order valence-electron chi connectivity index (χ3n) is 3.94. The van der Waals surface area contributed by atoms with Gasteiger partial charge < -0.3 is 5.32 Å². The van der Waals surface area contributed by atoms with Crippen LogP contribution >= 0.6 is 11.6 Å². The molecule has 6 heteroatoms. The highest BCUT2D eigenvalue weighted by molar-refractivity contribution is 7.89. The van der Waals surface area contributed by atoms with Gasteiger partial charge in [0.2, 0.25) is 10.0 Å². The van der Waals surface area contributed by atoms with Crippen molar-refractivity contribution in [1.29, 1.82) is 0 Å². The quantitative estimate of drug-likeness (QED) is 0.877. The summed E-state index contributed by atoms with van der Waals surface area (Å²) in [6.07, 6.45) is 2.24. The van der Waals surface area contributed by atoms with Gasteiger partial charge in [-0.3, -0.25) is 0 Å². The molecule has 0 aromatic heterocycles. The Hall–Kier alpha value is -0.620. The van der Waals surface area contributed by atoms with Gasteiger partial charge in [-0.25, -0.2) is 8.42 Å². The lowest BCUT2D eigenvalue weighted by Crippen LogP contribution is -2.36. The summed E-state index contributed by atoms with van der Waals surface area (Å²) in [5, 5.41) is 3.57. The maximum absolute atomic E-state index is 12.6. The van der Waals surface area contributed by atoms with Crippen LogP contribution in [0.1, 0.15) is 25.3 Å². The molecule has 1 aromatic carbocycles. The fourth-order valence-electron chi connectivity index (χ4n) is 2.30. The van der Waals surface area contributed by atoms with Crippen LogP contribution in [0, 0.1) is 5.92 Å². The maximum atomic E-state index is 12.6. The van der Waals surface area contributed by atoms with Gasteiger partial charge >= 0.3 is 0 Å². The average Bonchev–Trinajstić information content (AvgIpc) is 3.24. The summed E-state index contributed by atoms with van der Waals surface area (Å²) in [4.78, 5) is 0.308. The smallest absolute Gasteiger partial charge is 0.243 e. The first kappa shape index (κ1) is 15.8. The minimum atomic E-state index is -3.45. The molecule has 0 radical (unpaired) electrons. The molecule has 1 aliphatic carbocycles. The van der Waals surface area contributed by atoms with Crippen LogP contribution in [0.5, 0.6) is 0 Å². The normalized spacial score (nSPS) is 17.4. The minimum Gasteiger partial charge on any atom is -0.316 e. The van der Waals surface area contributed by atoms with E-state index in [9.17, 15) is 8.42 Å². The number of hydrogen-bond acceptors (Lipinski definition) is 3. The molecule has 0 saturated heterocycles. The molecule has 1 atom stereocenters. The summed E-state index contributed by atoms with van der Waals surface area (Å²) < 4.78 is 26.8. The Morgan fingerprint density at radius 2 is 2.10 bits per heavy atom. The second kappa shape index (κ2) is 6.02. The fraction of sp³-hybridized carbons (Fsp3) is 0.571. The summed E-state index contributed by atoms with van der Waals surface area (Å²) in [6.45, 7) is 2.52. The van der Waals surface area contributed by atoms with Gasteiger partial charge in [-0.2, -0.15) is 4.31 Å². The van der Waals surface area contributed by atoms with E-state index in [-0.39, 0.29) is 6.04 Å². The molecule has 1 unspecified atom stereocenters. The van der Waals surface area contributed by atoms with Gasteiger partial charge in [-0.05, 0) is 56.5 Å². The molecule has 1 saturated carbocycles. The number of nitrogens with zero attached hydrogens (tertiary/aromatic N) is 1. The standard InChI is InChI=1S/C14H21ClN2O2S/c1-10(11-4-5-11)17(3)20(18,19)13-6-7-14(15)12(8-13)9-16-2/h6-8,10-11,16H,4-5,9H2,1-3H3. The molecule has 1 fully saturated rings. The van der Waals surface area contributed by atoms with Crippen molar-refractivity contribution in [3.63, 3.8) is 0 Å². The summed E-state index contributed by atoms with van der Waals surface area (Å²) in [5.41, 5.74) is 0.794. The van der Waals surface area contributed by atoms with Crippen LogP contribution in [0.3, 0.4) is 0 Å². The zero-order valence-corrected chi connectivity index (χ0v) is 13.6. The predicted molar refractivity (Wildman–Crippen MR) is 81.4 cm³/mol. The van der Waals surface area contributed by atoms with E-state index in [4.69, 9.17) is 11.6 Å². The Kier molecular flexibility index (Phi) is 4.74. The summed E-state index contributed by atoms with van der Waals surface area (Å²) in [7, 11) is 0.00787. The Morgan fingerprint density at radius 3 is 2.65 bits per heavy atom. The lowest BCUT2D eigenvalue weighted by Gasteiger charge is -2.24. The lowest BCUT2D eigenvalue weighted by molar-refractivity contribution is 0.357. The van der Waals surface area contributed by atoms with Gasteiger partial charge in [0.1, 0.15) is 0 Å². The molecule has 20 heavy (non-hydrogen) atoms. The van der Waals surface area contributed by atoms with E-state index in [1.54, 1.807) is 32.3 Å². The molecular formula is C14H21ClN2O2S. The zero-order valence-electron chi connectivity index (χ0n) is 12.1. The van der Waals surface area contributed by atoms with Gasteiger partial charge in [0.05, 0.1) is 4.90 Å². The third kappa shape index (κ3) is 3.17. The van der Waals surface area contributed by atoms with Crippen LogP contribution in [0.2, 0.25) is 5.02 Å². The van der Waals surface area contributed by atoms with Crippen LogP contribution in [-0.4, -0.2) is 32.9 Å². The van der Waals surface area contributed by atoms with Crippen LogP contribution in [0.15, 0.2) is 23.1 Å². The summed E-state index contributed by atoms with van der Waals surface area (Å²) in [5.74, 6) is 0.499. The lowest BCUT2D eigenvalue weighted by atomic mass is 10.2. The van der Waals surface area contributed by atoms with E-state index < -0.39 is 10.0 Å². The molecule has 112 valence electrons. The van der Waals surface area contributed by atoms with Crippen LogP contribution in [0.25, 0.3) is 0 Å². The second-order valence-electron chi connectivity index (χ2n) is 5.38. The molecule has 0 heterocycles. The van der Waals surface area contributed by atoms with Gasteiger partial charge in [-0.15, -0.1) is 0 Å². The summed E-state index contributed by atoms with van der Waals surface area (Å²) in [6, 6.07) is 4.93. The molecule has 0 amide bonds. The number of hydrogen-bond donors (Lipinski definition) is 1. The zero-order chi connectivity index (χ0) is 14.9. The van der Waals surface area contributed by atoms with E-state index in [1.807, 2.05) is 6.92 Å². The van der Waals surface area contributed by atoms with Gasteiger partial charge in [-0.1, -0.05) is 11.6 Å². The second-order valence-corrected chi connectivity index (χ2v) is 7.79. The van der Waals surface area contributed by atoms with Crippen molar-refractivity contribution >= 4 is 21.6 Å². The molecule has 1 N–H and O–H groups in total. The van der Waals surface area contributed by atoms with Crippen LogP contribution in [0.4, 0.5) is 0 Å². The Morgan fingerprint density at radius 1 is 1.45 bits per heavy atom. The van der Waals surface area contributed by atoms with Crippen molar-refractivity contribution in [2.75, 3.05) is 14.1 Å². The molecule has 0 bridgehead atoms. The van der Waals surface area contributed by atoms with Crippen molar-refractivity contribution in [2.45, 2.75) is 37.2 Å². The number of halogens is 1. The highest BCUT2D eigenvalue weighted by Crippen LogP contribution is 2.36. The Labute approximate surface area is 126 Å². The highest BCUT2D eigenvalue weighted by Gasteiger charge is 2.36. The first-order valence-corrected chi connectivity index (χ1v) is 8.60. The van der Waals surface area contributed by atoms with Crippen molar-refractivity contribution in [1.82, 2.24) is 9.62 Å². The van der Waals surface area contributed by atoms with Gasteiger partial charge in [0.15, 0.2) is 0 Å². The van der Waals surface area contributed by atoms with Crippen molar-refractivity contribution in [3.05, 3.63) is 28.8 Å². The molecule has 2 rings (SSSR count). The van der Waals surface area contributed by atoms with Crippen LogP contribution in [-0.2, 0) is 16.6 Å². The number of benzene rings is 1. The van der Waals surface area contributed by atoms with Gasteiger partial charge in [0, 0.05) is 24.7 Å². The first-order valence-electron chi connectivity index (χ1n) is 6.79. The third-order valence-corrected chi connectivity index (χ3v) is 6.25. The number of rotatable bonds is 6. The Bertz CT molecular complexity index is 585. The van der Waals surface area contributed by atoms with Crippen molar-refractivity contribution < 1.29 is 8.42 Å². The number of nitrogens with one attached hydrogen (secondary N) is 1. The maximum Gasteiger partial charge on any atom is 0.243 e. The van der Waals surface area contributed by atoms with E-state index >= 15 is 0 Å². The van der Waals surface area contributed by atoms with E-state index in [0.717, 1.165) is 18.4 Å². The Balaban J connectivity index is 2.30. The molecule has 0 aliphatic heterocycles. The van der Waals surface area contributed by atoms with Crippen molar-refractivity contribution in [2.24, 2.45) is 5.92 Å². The monoisotopic (exact) mass is 316 g/mol. The molecule has 4 nitrogen and oxygen atoms in total. The average molecular weight is 317 g/mol. The van der Waals surface area contributed by atoms with E-state index in [2.05, 4.69) is 5.32 Å².